The van der Waals surface area contributed by atoms with Crippen molar-refractivity contribution in [1.29, 1.82) is 0 Å². The van der Waals surface area contributed by atoms with Gasteiger partial charge in [0, 0.05) is 28.5 Å². The third kappa shape index (κ3) is 4.49. The van der Waals surface area contributed by atoms with Gasteiger partial charge in [-0.2, -0.15) is 0 Å². The van der Waals surface area contributed by atoms with Gasteiger partial charge in [-0.05, 0) is 62.8 Å². The second-order valence-electron chi connectivity index (χ2n) is 6.26. The van der Waals surface area contributed by atoms with E-state index in [4.69, 9.17) is 5.73 Å². The van der Waals surface area contributed by atoms with Crippen molar-refractivity contribution in [3.05, 3.63) is 27.7 Å². The Morgan fingerprint density at radius 1 is 1.45 bits per heavy atom. The zero-order valence-corrected chi connectivity index (χ0v) is 16.0. The quantitative estimate of drug-likeness (QED) is 0.804. The van der Waals surface area contributed by atoms with Crippen LogP contribution in [0.4, 0.5) is 0 Å². The lowest BCUT2D eigenvalue weighted by Crippen LogP contribution is -2.45. The van der Waals surface area contributed by atoms with Crippen molar-refractivity contribution in [3.63, 3.8) is 0 Å². The first-order chi connectivity index (χ1) is 10.4. The second-order valence-corrected chi connectivity index (χ2v) is 8.13. The molecule has 1 heterocycles. The number of thioether (sulfide) groups is 1. The van der Waals surface area contributed by atoms with Crippen LogP contribution in [0, 0.1) is 19.8 Å². The number of amides is 1. The first-order valence-electron chi connectivity index (χ1n) is 7.81. The standard InChI is InChI=1S/C17H25BrN2OS/c1-11-8-16(12(2)7-15(11)18)22-10-17(21)20-6-4-5-14(9-20)13(3)19/h7-8,13-14H,4-6,9-10,19H2,1-3H3. The van der Waals surface area contributed by atoms with Crippen LogP contribution in [0.1, 0.15) is 30.9 Å². The molecule has 0 saturated carbocycles. The number of benzene rings is 1. The zero-order chi connectivity index (χ0) is 16.3. The topological polar surface area (TPSA) is 46.3 Å². The van der Waals surface area contributed by atoms with E-state index in [-0.39, 0.29) is 11.9 Å². The number of hydrogen-bond donors (Lipinski definition) is 1. The molecule has 1 fully saturated rings. The molecule has 2 unspecified atom stereocenters. The van der Waals surface area contributed by atoms with Gasteiger partial charge in [0.1, 0.15) is 0 Å². The lowest BCUT2D eigenvalue weighted by atomic mass is 9.92. The fourth-order valence-corrected chi connectivity index (χ4v) is 4.27. The Morgan fingerprint density at radius 2 is 2.18 bits per heavy atom. The lowest BCUT2D eigenvalue weighted by Gasteiger charge is -2.34. The molecular formula is C17H25BrN2OS. The molecule has 1 aromatic rings. The molecule has 1 amide bonds. The van der Waals surface area contributed by atoms with Crippen LogP contribution >= 0.6 is 27.7 Å². The summed E-state index contributed by atoms with van der Waals surface area (Å²) in [5, 5.41) is 0. The summed E-state index contributed by atoms with van der Waals surface area (Å²) in [7, 11) is 0. The largest absolute Gasteiger partial charge is 0.342 e. The highest BCUT2D eigenvalue weighted by atomic mass is 79.9. The molecular weight excluding hydrogens is 360 g/mol. The van der Waals surface area contributed by atoms with Gasteiger partial charge in [0.2, 0.25) is 5.91 Å². The van der Waals surface area contributed by atoms with E-state index in [1.54, 1.807) is 11.8 Å². The molecule has 0 aromatic heterocycles. The number of piperidine rings is 1. The minimum Gasteiger partial charge on any atom is -0.342 e. The summed E-state index contributed by atoms with van der Waals surface area (Å²) in [5.74, 6) is 1.18. The van der Waals surface area contributed by atoms with Crippen LogP contribution in [0.5, 0.6) is 0 Å². The van der Waals surface area contributed by atoms with E-state index in [1.807, 2.05) is 11.8 Å². The Morgan fingerprint density at radius 3 is 2.86 bits per heavy atom. The van der Waals surface area contributed by atoms with Crippen molar-refractivity contribution < 1.29 is 4.79 Å². The molecule has 0 bridgehead atoms. The first kappa shape index (κ1) is 17.8. The van der Waals surface area contributed by atoms with Crippen molar-refractivity contribution in [2.24, 2.45) is 11.7 Å². The lowest BCUT2D eigenvalue weighted by molar-refractivity contribution is -0.130. The van der Waals surface area contributed by atoms with Gasteiger partial charge in [0.15, 0.2) is 0 Å². The van der Waals surface area contributed by atoms with Crippen LogP contribution in [-0.2, 0) is 4.79 Å². The SMILES string of the molecule is Cc1cc(SCC(=O)N2CCCC(C(C)N)C2)c(C)cc1Br. The highest BCUT2D eigenvalue weighted by molar-refractivity contribution is 9.10. The van der Waals surface area contributed by atoms with Gasteiger partial charge < -0.3 is 10.6 Å². The maximum Gasteiger partial charge on any atom is 0.232 e. The molecule has 0 radical (unpaired) electrons. The summed E-state index contributed by atoms with van der Waals surface area (Å²) in [6.07, 6.45) is 2.21. The van der Waals surface area contributed by atoms with E-state index < -0.39 is 0 Å². The summed E-state index contributed by atoms with van der Waals surface area (Å²) in [6.45, 7) is 7.90. The molecule has 2 N–H and O–H groups in total. The van der Waals surface area contributed by atoms with Crippen LogP contribution in [0.25, 0.3) is 0 Å². The number of rotatable bonds is 4. The zero-order valence-electron chi connectivity index (χ0n) is 13.6. The number of nitrogens with zero attached hydrogens (tertiary/aromatic N) is 1. The number of likely N-dealkylation sites (tertiary alicyclic amines) is 1. The molecule has 2 atom stereocenters. The highest BCUT2D eigenvalue weighted by Gasteiger charge is 2.25. The molecule has 1 aromatic carbocycles. The van der Waals surface area contributed by atoms with Crippen LogP contribution < -0.4 is 5.73 Å². The Labute approximate surface area is 146 Å². The van der Waals surface area contributed by atoms with Crippen LogP contribution in [0.15, 0.2) is 21.5 Å². The van der Waals surface area contributed by atoms with Crippen LogP contribution in [0.2, 0.25) is 0 Å². The first-order valence-corrected chi connectivity index (χ1v) is 9.59. The smallest absolute Gasteiger partial charge is 0.232 e. The summed E-state index contributed by atoms with van der Waals surface area (Å²) in [4.78, 5) is 15.6. The summed E-state index contributed by atoms with van der Waals surface area (Å²) in [5.41, 5.74) is 8.41. The molecule has 1 aliphatic heterocycles. The Hall–Kier alpha value is -0.520. The van der Waals surface area contributed by atoms with Gasteiger partial charge in [-0.15, -0.1) is 11.8 Å². The number of nitrogens with two attached hydrogens (primary N) is 1. The van der Waals surface area contributed by atoms with Gasteiger partial charge in [-0.1, -0.05) is 15.9 Å². The number of carbonyl (C=O) groups excluding carboxylic acids is 1. The molecule has 0 spiro atoms. The minimum atomic E-state index is 0.166. The predicted molar refractivity (Wildman–Crippen MR) is 97.3 cm³/mol. The number of carbonyl (C=O) groups is 1. The van der Waals surface area contributed by atoms with E-state index in [2.05, 4.69) is 41.9 Å². The molecule has 3 nitrogen and oxygen atoms in total. The molecule has 2 rings (SSSR count). The maximum absolute atomic E-state index is 12.5. The van der Waals surface area contributed by atoms with Crippen molar-refractivity contribution in [2.45, 2.75) is 44.6 Å². The normalized spacial score (nSPS) is 20.0. The van der Waals surface area contributed by atoms with Crippen LogP contribution in [-0.4, -0.2) is 35.7 Å². The van der Waals surface area contributed by atoms with E-state index in [9.17, 15) is 4.79 Å². The monoisotopic (exact) mass is 384 g/mol. The number of aryl methyl sites for hydroxylation is 2. The molecule has 122 valence electrons. The van der Waals surface area contributed by atoms with Crippen LogP contribution in [0.3, 0.4) is 0 Å². The summed E-state index contributed by atoms with van der Waals surface area (Å²) < 4.78 is 1.12. The van der Waals surface area contributed by atoms with Gasteiger partial charge in [-0.25, -0.2) is 0 Å². The Kier molecular flexibility index (Phi) is 6.36. The fraction of sp³-hybridized carbons (Fsp3) is 0.588. The maximum atomic E-state index is 12.5. The Bertz CT molecular complexity index is 548. The third-order valence-electron chi connectivity index (χ3n) is 4.36. The van der Waals surface area contributed by atoms with E-state index in [0.717, 1.165) is 30.4 Å². The van der Waals surface area contributed by atoms with Crippen molar-refractivity contribution in [1.82, 2.24) is 4.90 Å². The average molecular weight is 385 g/mol. The molecule has 5 heteroatoms. The van der Waals surface area contributed by atoms with E-state index in [1.165, 1.54) is 16.0 Å². The van der Waals surface area contributed by atoms with Crippen molar-refractivity contribution >= 4 is 33.6 Å². The highest BCUT2D eigenvalue weighted by Crippen LogP contribution is 2.29. The number of hydrogen-bond acceptors (Lipinski definition) is 3. The van der Waals surface area contributed by atoms with Crippen molar-refractivity contribution in [2.75, 3.05) is 18.8 Å². The molecule has 1 saturated heterocycles. The minimum absolute atomic E-state index is 0.166. The predicted octanol–water partition coefficient (Wildman–Crippen LogP) is 3.74. The van der Waals surface area contributed by atoms with Gasteiger partial charge in [0.25, 0.3) is 0 Å². The average Bonchev–Trinajstić information content (AvgIpc) is 2.49. The van der Waals surface area contributed by atoms with Gasteiger partial charge >= 0.3 is 0 Å². The molecule has 22 heavy (non-hydrogen) atoms. The molecule has 1 aliphatic rings. The second kappa shape index (κ2) is 7.84. The summed E-state index contributed by atoms with van der Waals surface area (Å²) >= 11 is 5.18. The molecule has 0 aliphatic carbocycles. The van der Waals surface area contributed by atoms with Crippen molar-refractivity contribution in [3.8, 4) is 0 Å². The summed E-state index contributed by atoms with van der Waals surface area (Å²) in [6, 6.07) is 4.44. The Balaban J connectivity index is 1.94. The van der Waals surface area contributed by atoms with E-state index >= 15 is 0 Å². The van der Waals surface area contributed by atoms with E-state index in [0.29, 0.717) is 11.7 Å². The fourth-order valence-electron chi connectivity index (χ4n) is 2.81. The third-order valence-corrected chi connectivity index (χ3v) is 6.36. The van der Waals surface area contributed by atoms with Gasteiger partial charge in [-0.3, -0.25) is 4.79 Å². The number of halogens is 1. The van der Waals surface area contributed by atoms with Gasteiger partial charge in [0.05, 0.1) is 5.75 Å².